The monoisotopic (exact) mass is 450 g/mol. The molecule has 1 atom stereocenters. The van der Waals surface area contributed by atoms with E-state index < -0.39 is 6.04 Å². The number of nitrogens with zero attached hydrogens (tertiary/aromatic N) is 2. The molecular formula is C26H34N4O3. The average molecular weight is 451 g/mol. The molecule has 0 fully saturated rings. The van der Waals surface area contributed by atoms with Crippen LogP contribution in [-0.4, -0.2) is 50.3 Å². The van der Waals surface area contributed by atoms with Gasteiger partial charge in [0.15, 0.2) is 5.78 Å². The van der Waals surface area contributed by atoms with E-state index in [1.54, 1.807) is 6.26 Å². The topological polar surface area (TPSA) is 77.8 Å². The number of anilines is 2. The van der Waals surface area contributed by atoms with Crippen molar-refractivity contribution in [2.75, 3.05) is 43.9 Å². The molecule has 0 saturated carbocycles. The molecule has 1 aliphatic carbocycles. The van der Waals surface area contributed by atoms with Crippen molar-refractivity contribution in [2.45, 2.75) is 39.2 Å². The first-order chi connectivity index (χ1) is 15.7. The molecule has 1 amide bonds. The molecular weight excluding hydrogens is 416 g/mol. The first-order valence-electron chi connectivity index (χ1n) is 11.6. The second kappa shape index (κ2) is 9.43. The third-order valence-electron chi connectivity index (χ3n) is 6.24. The molecule has 2 N–H and O–H groups in total. The van der Waals surface area contributed by atoms with Crippen LogP contribution in [0.4, 0.5) is 11.4 Å². The Kier molecular flexibility index (Phi) is 6.61. The molecule has 1 aromatic carbocycles. The van der Waals surface area contributed by atoms with Gasteiger partial charge in [0.1, 0.15) is 11.8 Å². The summed E-state index contributed by atoms with van der Waals surface area (Å²) in [5.74, 6) is 0.682. The zero-order chi connectivity index (χ0) is 23.6. The van der Waals surface area contributed by atoms with Crippen molar-refractivity contribution in [1.82, 2.24) is 10.2 Å². The lowest BCUT2D eigenvalue weighted by Crippen LogP contribution is -2.42. The van der Waals surface area contributed by atoms with Crippen molar-refractivity contribution in [3.63, 3.8) is 0 Å². The van der Waals surface area contributed by atoms with E-state index in [0.717, 1.165) is 36.5 Å². The van der Waals surface area contributed by atoms with Gasteiger partial charge < -0.3 is 24.9 Å². The molecule has 0 spiro atoms. The minimum atomic E-state index is -0.470. The summed E-state index contributed by atoms with van der Waals surface area (Å²) >= 11 is 0. The van der Waals surface area contributed by atoms with Gasteiger partial charge in [-0.3, -0.25) is 9.59 Å². The summed E-state index contributed by atoms with van der Waals surface area (Å²) in [5.41, 5.74) is 3.25. The summed E-state index contributed by atoms with van der Waals surface area (Å²) < 4.78 is 5.84. The number of carbonyl (C=O) groups is 2. The molecule has 33 heavy (non-hydrogen) atoms. The van der Waals surface area contributed by atoms with E-state index in [2.05, 4.69) is 29.4 Å². The highest BCUT2D eigenvalue weighted by Crippen LogP contribution is 2.48. The van der Waals surface area contributed by atoms with Crippen molar-refractivity contribution >= 4 is 23.1 Å². The van der Waals surface area contributed by atoms with Gasteiger partial charge >= 0.3 is 0 Å². The lowest BCUT2D eigenvalue weighted by atomic mass is 9.74. The molecule has 2 aliphatic rings. The van der Waals surface area contributed by atoms with Gasteiger partial charge in [0.05, 0.1) is 24.2 Å². The van der Waals surface area contributed by atoms with E-state index >= 15 is 0 Å². The van der Waals surface area contributed by atoms with Crippen LogP contribution in [0.1, 0.15) is 44.9 Å². The third-order valence-corrected chi connectivity index (χ3v) is 6.24. The maximum Gasteiger partial charge on any atom is 0.239 e. The van der Waals surface area contributed by atoms with Crippen molar-refractivity contribution < 1.29 is 14.0 Å². The zero-order valence-corrected chi connectivity index (χ0v) is 20.0. The number of para-hydroxylation sites is 2. The summed E-state index contributed by atoms with van der Waals surface area (Å²) in [4.78, 5) is 30.6. The fourth-order valence-corrected chi connectivity index (χ4v) is 4.80. The Morgan fingerprint density at radius 1 is 1.21 bits per heavy atom. The van der Waals surface area contributed by atoms with Crippen LogP contribution in [0.25, 0.3) is 0 Å². The van der Waals surface area contributed by atoms with Crippen molar-refractivity contribution in [2.24, 2.45) is 5.41 Å². The highest BCUT2D eigenvalue weighted by molar-refractivity contribution is 6.01. The van der Waals surface area contributed by atoms with Gasteiger partial charge in [0, 0.05) is 24.2 Å². The molecule has 4 rings (SSSR count). The fraction of sp³-hybridized carbons (Fsp3) is 0.462. The summed E-state index contributed by atoms with van der Waals surface area (Å²) in [6.45, 7) is 5.88. The number of carbonyl (C=O) groups excluding carboxylic acids is 2. The molecule has 1 unspecified atom stereocenters. The van der Waals surface area contributed by atoms with Crippen LogP contribution in [0.3, 0.4) is 0 Å². The lowest BCUT2D eigenvalue weighted by molar-refractivity contribution is -0.120. The normalized spacial score (nSPS) is 19.6. The molecule has 2 aromatic rings. The Bertz CT molecular complexity index is 1040. The van der Waals surface area contributed by atoms with Gasteiger partial charge in [-0.05, 0) is 63.2 Å². The Balaban J connectivity index is 1.72. The van der Waals surface area contributed by atoms with Crippen LogP contribution in [0.5, 0.6) is 0 Å². The number of fused-ring (bicyclic) bond motifs is 1. The third kappa shape index (κ3) is 5.14. The highest BCUT2D eigenvalue weighted by Gasteiger charge is 2.42. The first-order valence-corrected chi connectivity index (χ1v) is 11.6. The van der Waals surface area contributed by atoms with E-state index in [1.165, 1.54) is 0 Å². The Morgan fingerprint density at radius 3 is 2.73 bits per heavy atom. The maximum atomic E-state index is 13.5. The number of furan rings is 1. The van der Waals surface area contributed by atoms with E-state index in [0.29, 0.717) is 24.3 Å². The number of benzene rings is 1. The van der Waals surface area contributed by atoms with Crippen LogP contribution in [0.2, 0.25) is 0 Å². The molecule has 0 radical (unpaired) electrons. The molecule has 0 saturated heterocycles. The summed E-state index contributed by atoms with van der Waals surface area (Å²) in [5, 5.41) is 6.59. The number of rotatable bonds is 7. The Morgan fingerprint density at radius 2 is 2.00 bits per heavy atom. The first kappa shape index (κ1) is 23.1. The number of nitrogens with one attached hydrogen (secondary N) is 2. The van der Waals surface area contributed by atoms with E-state index in [-0.39, 0.29) is 23.7 Å². The van der Waals surface area contributed by atoms with Gasteiger partial charge in [-0.25, -0.2) is 0 Å². The molecule has 1 aromatic heterocycles. The zero-order valence-electron chi connectivity index (χ0n) is 20.0. The number of allylic oxidation sites excluding steroid dienone is 1. The Hall–Kier alpha value is -3.06. The number of amides is 1. The molecule has 7 nitrogen and oxygen atoms in total. The van der Waals surface area contributed by atoms with E-state index in [1.807, 2.05) is 55.4 Å². The van der Waals surface area contributed by atoms with E-state index in [9.17, 15) is 9.59 Å². The minimum Gasteiger partial charge on any atom is -0.467 e. The van der Waals surface area contributed by atoms with Crippen LogP contribution < -0.4 is 15.5 Å². The molecule has 1 aliphatic heterocycles. The van der Waals surface area contributed by atoms with Gasteiger partial charge in [-0.1, -0.05) is 26.0 Å². The highest BCUT2D eigenvalue weighted by atomic mass is 16.3. The van der Waals surface area contributed by atoms with Crippen molar-refractivity contribution in [3.8, 4) is 0 Å². The predicted octanol–water partition coefficient (Wildman–Crippen LogP) is 3.96. The number of hydrogen-bond acceptors (Lipinski definition) is 6. The van der Waals surface area contributed by atoms with Gasteiger partial charge in [-0.2, -0.15) is 0 Å². The van der Waals surface area contributed by atoms with Crippen LogP contribution in [-0.2, 0) is 9.59 Å². The summed E-state index contributed by atoms with van der Waals surface area (Å²) in [6.07, 6.45) is 3.72. The van der Waals surface area contributed by atoms with Crippen molar-refractivity contribution in [3.05, 3.63) is 59.7 Å². The fourth-order valence-electron chi connectivity index (χ4n) is 4.80. The summed E-state index contributed by atoms with van der Waals surface area (Å²) in [6, 6.07) is 11.2. The number of Topliss-reactive ketones (excluding diaryl/α,β-unsaturated/α-hetero) is 1. The number of ketones is 1. The van der Waals surface area contributed by atoms with Crippen LogP contribution >= 0.6 is 0 Å². The predicted molar refractivity (Wildman–Crippen MR) is 130 cm³/mol. The van der Waals surface area contributed by atoms with Crippen LogP contribution in [0, 0.1) is 5.41 Å². The smallest absolute Gasteiger partial charge is 0.239 e. The molecule has 176 valence electrons. The molecule has 0 bridgehead atoms. The average Bonchev–Trinajstić information content (AvgIpc) is 3.22. The molecule has 2 heterocycles. The van der Waals surface area contributed by atoms with Crippen molar-refractivity contribution in [1.29, 1.82) is 0 Å². The van der Waals surface area contributed by atoms with Gasteiger partial charge in [0.25, 0.3) is 0 Å². The quantitative estimate of drug-likeness (QED) is 0.622. The Labute approximate surface area is 195 Å². The molecule has 7 heteroatoms. The van der Waals surface area contributed by atoms with E-state index in [4.69, 9.17) is 4.42 Å². The second-order valence-corrected chi connectivity index (χ2v) is 10.0. The van der Waals surface area contributed by atoms with Gasteiger partial charge in [-0.15, -0.1) is 0 Å². The standard InChI is InChI=1S/C26H34N4O3/c1-26(2)15-19-24(21(31)16-26)25(22-11-7-14-33-22)30(20-10-6-5-9-18(20)28-19)17-23(32)27-12-8-13-29(3)4/h5-7,9-11,14,25,28H,8,12-13,15-17H2,1-4H3,(H,27,32). The minimum absolute atomic E-state index is 0.0762. The second-order valence-electron chi connectivity index (χ2n) is 10.0. The SMILES string of the molecule is CN(C)CCCNC(=O)CN1c2ccccc2NC2=C(C(=O)CC(C)(C)C2)C1c1ccco1. The van der Waals surface area contributed by atoms with Crippen LogP contribution in [0.15, 0.2) is 58.3 Å². The summed E-state index contributed by atoms with van der Waals surface area (Å²) in [7, 11) is 4.04. The lowest BCUT2D eigenvalue weighted by Gasteiger charge is -2.36. The number of hydrogen-bond donors (Lipinski definition) is 2. The largest absolute Gasteiger partial charge is 0.467 e. The van der Waals surface area contributed by atoms with Gasteiger partial charge in [0.2, 0.25) is 5.91 Å². The maximum absolute atomic E-state index is 13.5.